The molecule has 0 radical (unpaired) electrons. The summed E-state index contributed by atoms with van der Waals surface area (Å²) in [7, 11) is -3.41. The summed E-state index contributed by atoms with van der Waals surface area (Å²) < 4.78 is 44.5. The third kappa shape index (κ3) is 2.12. The maximum atomic E-state index is 13.2. The van der Waals surface area contributed by atoms with Crippen molar-refractivity contribution in [1.29, 1.82) is 4.78 Å². The second-order valence-corrected chi connectivity index (χ2v) is 5.02. The molecule has 0 heterocycles. The fourth-order valence-electron chi connectivity index (χ4n) is 0.998. The lowest BCUT2D eigenvalue weighted by Crippen LogP contribution is -2.07. The molecule has 15 heavy (non-hydrogen) atoms. The largest absolute Gasteiger partial charge is 0.478 e. The monoisotopic (exact) mass is 235 g/mol. The fourth-order valence-corrected chi connectivity index (χ4v) is 1.76. The Bertz CT molecular complexity index is 525. The van der Waals surface area contributed by atoms with Crippen LogP contribution >= 0.6 is 0 Å². The van der Waals surface area contributed by atoms with Gasteiger partial charge in [0, 0.05) is 6.26 Å². The van der Waals surface area contributed by atoms with E-state index in [9.17, 15) is 17.8 Å². The van der Waals surface area contributed by atoms with E-state index in [0.29, 0.717) is 0 Å². The van der Waals surface area contributed by atoms with Crippen LogP contribution in [0.5, 0.6) is 0 Å². The first kappa shape index (κ1) is 11.6. The Balaban J connectivity index is 3.55. The molecule has 1 aromatic carbocycles. The SMILES string of the molecule is CS(=N)(=O)c1ccc(C(=O)O)c(F)c1F. The normalized spacial score (nSPS) is 14.6. The van der Waals surface area contributed by atoms with Crippen molar-refractivity contribution in [3.05, 3.63) is 29.3 Å². The average Bonchev–Trinajstić information content (AvgIpc) is 2.06. The Labute approximate surface area is 84.5 Å². The third-order valence-corrected chi connectivity index (χ3v) is 2.85. The van der Waals surface area contributed by atoms with E-state index in [-0.39, 0.29) is 0 Å². The molecular formula is C8H7F2NO3S. The van der Waals surface area contributed by atoms with Crippen molar-refractivity contribution in [3.63, 3.8) is 0 Å². The fraction of sp³-hybridized carbons (Fsp3) is 0.125. The first-order valence-electron chi connectivity index (χ1n) is 3.70. The number of nitrogens with one attached hydrogen (secondary N) is 1. The van der Waals surface area contributed by atoms with Crippen molar-refractivity contribution in [2.24, 2.45) is 0 Å². The molecule has 0 aromatic heterocycles. The second-order valence-electron chi connectivity index (χ2n) is 2.89. The summed E-state index contributed by atoms with van der Waals surface area (Å²) in [6, 6.07) is 1.63. The summed E-state index contributed by atoms with van der Waals surface area (Å²) in [6.07, 6.45) is 0.922. The zero-order chi connectivity index (χ0) is 11.8. The summed E-state index contributed by atoms with van der Waals surface area (Å²) in [5, 5.41) is 8.46. The zero-order valence-corrected chi connectivity index (χ0v) is 8.40. The van der Waals surface area contributed by atoms with Gasteiger partial charge in [-0.1, -0.05) is 0 Å². The number of carbonyl (C=O) groups is 1. The number of hydrogen-bond acceptors (Lipinski definition) is 3. The van der Waals surface area contributed by atoms with Gasteiger partial charge in [0.25, 0.3) is 0 Å². The number of rotatable bonds is 2. The Morgan fingerprint density at radius 1 is 1.40 bits per heavy atom. The number of carboxylic acids is 1. The van der Waals surface area contributed by atoms with Crippen molar-refractivity contribution < 1.29 is 22.9 Å². The molecule has 0 bridgehead atoms. The molecule has 0 aliphatic heterocycles. The van der Waals surface area contributed by atoms with E-state index in [4.69, 9.17) is 9.89 Å². The summed E-state index contributed by atoms with van der Waals surface area (Å²) in [4.78, 5) is 9.78. The zero-order valence-electron chi connectivity index (χ0n) is 7.58. The van der Waals surface area contributed by atoms with Gasteiger partial charge in [0.05, 0.1) is 20.2 Å². The quantitative estimate of drug-likeness (QED) is 0.818. The predicted molar refractivity (Wildman–Crippen MR) is 48.4 cm³/mol. The second kappa shape index (κ2) is 3.58. The van der Waals surface area contributed by atoms with Gasteiger partial charge in [-0.15, -0.1) is 0 Å². The van der Waals surface area contributed by atoms with E-state index < -0.39 is 37.8 Å². The third-order valence-electron chi connectivity index (χ3n) is 1.70. The predicted octanol–water partition coefficient (Wildman–Crippen LogP) is 1.70. The maximum Gasteiger partial charge on any atom is 0.338 e. The van der Waals surface area contributed by atoms with E-state index in [0.717, 1.165) is 18.4 Å². The molecule has 0 amide bonds. The van der Waals surface area contributed by atoms with Gasteiger partial charge in [-0.05, 0) is 12.1 Å². The Morgan fingerprint density at radius 2 is 1.93 bits per heavy atom. The first-order valence-corrected chi connectivity index (χ1v) is 5.67. The lowest BCUT2D eigenvalue weighted by molar-refractivity contribution is 0.0690. The maximum absolute atomic E-state index is 13.2. The number of halogens is 2. The molecule has 1 unspecified atom stereocenters. The van der Waals surface area contributed by atoms with Gasteiger partial charge in [-0.2, -0.15) is 0 Å². The van der Waals surface area contributed by atoms with Gasteiger partial charge in [-0.25, -0.2) is 22.6 Å². The highest BCUT2D eigenvalue weighted by Crippen LogP contribution is 2.20. The van der Waals surface area contributed by atoms with Crippen LogP contribution in [0.3, 0.4) is 0 Å². The van der Waals surface area contributed by atoms with E-state index >= 15 is 0 Å². The number of carboxylic acid groups (broad SMARTS) is 1. The Morgan fingerprint density at radius 3 is 2.33 bits per heavy atom. The highest BCUT2D eigenvalue weighted by atomic mass is 32.2. The molecule has 0 aliphatic rings. The first-order chi connectivity index (χ1) is 6.75. The number of benzene rings is 1. The van der Waals surface area contributed by atoms with Crippen molar-refractivity contribution in [2.45, 2.75) is 4.90 Å². The van der Waals surface area contributed by atoms with Crippen molar-refractivity contribution >= 4 is 15.7 Å². The standard InChI is InChI=1S/C8H7F2NO3S/c1-15(11,14)5-3-2-4(8(12)13)6(9)7(5)10/h2-3,11H,1H3,(H,12,13). The van der Waals surface area contributed by atoms with E-state index in [1.807, 2.05) is 0 Å². The lowest BCUT2D eigenvalue weighted by atomic mass is 10.2. The van der Waals surface area contributed by atoms with Gasteiger partial charge in [0.15, 0.2) is 11.6 Å². The Hall–Kier alpha value is -1.50. The van der Waals surface area contributed by atoms with Crippen LogP contribution in [0.25, 0.3) is 0 Å². The summed E-state index contributed by atoms with van der Waals surface area (Å²) in [5.41, 5.74) is -0.847. The molecule has 0 saturated carbocycles. The van der Waals surface area contributed by atoms with Gasteiger partial charge < -0.3 is 5.11 Å². The van der Waals surface area contributed by atoms with Crippen LogP contribution in [0.2, 0.25) is 0 Å². The molecular weight excluding hydrogens is 228 g/mol. The highest BCUT2D eigenvalue weighted by molar-refractivity contribution is 7.91. The number of hydrogen-bond donors (Lipinski definition) is 2. The molecule has 4 nitrogen and oxygen atoms in total. The highest BCUT2D eigenvalue weighted by Gasteiger charge is 2.20. The van der Waals surface area contributed by atoms with Crippen LogP contribution in [0, 0.1) is 16.4 Å². The van der Waals surface area contributed by atoms with Crippen LogP contribution in [0.15, 0.2) is 17.0 Å². The topological polar surface area (TPSA) is 78.2 Å². The smallest absolute Gasteiger partial charge is 0.338 e. The average molecular weight is 235 g/mol. The van der Waals surface area contributed by atoms with Gasteiger partial charge in [0.1, 0.15) is 0 Å². The van der Waals surface area contributed by atoms with Crippen LogP contribution in [0.1, 0.15) is 10.4 Å². The minimum atomic E-state index is -3.41. The Kier molecular flexibility index (Phi) is 2.76. The molecule has 0 saturated heterocycles. The van der Waals surface area contributed by atoms with Gasteiger partial charge >= 0.3 is 5.97 Å². The lowest BCUT2D eigenvalue weighted by Gasteiger charge is -2.05. The van der Waals surface area contributed by atoms with E-state index in [1.165, 1.54) is 0 Å². The molecule has 0 aliphatic carbocycles. The summed E-state index contributed by atoms with van der Waals surface area (Å²) >= 11 is 0. The summed E-state index contributed by atoms with van der Waals surface area (Å²) in [5.74, 6) is -4.76. The molecule has 1 rings (SSSR count). The van der Waals surface area contributed by atoms with Crippen molar-refractivity contribution in [2.75, 3.05) is 6.26 Å². The van der Waals surface area contributed by atoms with Crippen LogP contribution in [-0.2, 0) is 9.73 Å². The summed E-state index contributed by atoms with van der Waals surface area (Å²) in [6.45, 7) is 0. The molecule has 82 valence electrons. The molecule has 1 aromatic rings. The van der Waals surface area contributed by atoms with Crippen molar-refractivity contribution in [1.82, 2.24) is 0 Å². The van der Waals surface area contributed by atoms with Crippen molar-refractivity contribution in [3.8, 4) is 0 Å². The minimum Gasteiger partial charge on any atom is -0.478 e. The molecule has 0 fully saturated rings. The molecule has 0 spiro atoms. The van der Waals surface area contributed by atoms with Crippen LogP contribution in [0.4, 0.5) is 8.78 Å². The van der Waals surface area contributed by atoms with E-state index in [1.54, 1.807) is 0 Å². The molecule has 7 heteroatoms. The molecule has 1 atom stereocenters. The van der Waals surface area contributed by atoms with E-state index in [2.05, 4.69) is 0 Å². The van der Waals surface area contributed by atoms with Gasteiger partial charge in [-0.3, -0.25) is 0 Å². The molecule has 2 N–H and O–H groups in total. The minimum absolute atomic E-state index is 0.634. The van der Waals surface area contributed by atoms with Gasteiger partial charge in [0.2, 0.25) is 0 Å². The van der Waals surface area contributed by atoms with Crippen LogP contribution < -0.4 is 0 Å². The van der Waals surface area contributed by atoms with Crippen LogP contribution in [-0.4, -0.2) is 21.5 Å². The number of aromatic carboxylic acids is 1.